The van der Waals surface area contributed by atoms with E-state index in [0.717, 1.165) is 0 Å². The van der Waals surface area contributed by atoms with Crippen molar-refractivity contribution in [2.75, 3.05) is 12.8 Å². The van der Waals surface area contributed by atoms with E-state index < -0.39 is 4.92 Å². The summed E-state index contributed by atoms with van der Waals surface area (Å²) < 4.78 is 5.12. The number of para-hydroxylation sites is 1. The summed E-state index contributed by atoms with van der Waals surface area (Å²) in [6, 6.07) is 8.22. The molecule has 0 aliphatic carbocycles. The van der Waals surface area contributed by atoms with Crippen LogP contribution in [0.15, 0.2) is 24.3 Å². The number of benzene rings is 1. The monoisotopic (exact) mass is 275 g/mol. The summed E-state index contributed by atoms with van der Waals surface area (Å²) in [5.74, 6) is 0.165. The molecule has 7 heteroatoms. The maximum atomic E-state index is 10.9. The van der Waals surface area contributed by atoms with Crippen molar-refractivity contribution in [2.24, 2.45) is 0 Å². The average Bonchev–Trinajstić information content (AvgIpc) is 2.78. The van der Waals surface area contributed by atoms with Gasteiger partial charge in [-0.05, 0) is 12.1 Å². The van der Waals surface area contributed by atoms with Crippen molar-refractivity contribution in [1.82, 2.24) is 0 Å². The lowest BCUT2D eigenvalue weighted by Gasteiger charge is -2.06. The third-order valence-corrected chi connectivity index (χ3v) is 3.61. The van der Waals surface area contributed by atoms with E-state index in [-0.39, 0.29) is 11.4 Å². The molecule has 0 spiro atoms. The molecule has 2 N–H and O–H groups in total. The van der Waals surface area contributed by atoms with Gasteiger partial charge in [-0.1, -0.05) is 6.07 Å². The number of nitriles is 1. The molecule has 0 saturated heterocycles. The Balaban J connectivity index is 2.65. The molecule has 0 saturated carbocycles. The van der Waals surface area contributed by atoms with E-state index in [2.05, 4.69) is 0 Å². The number of nitrogens with two attached hydrogens (primary N) is 1. The topological polar surface area (TPSA) is 102 Å². The number of nitrogen functional groups attached to an aromatic ring is 1. The molecule has 2 aromatic rings. The van der Waals surface area contributed by atoms with Crippen LogP contribution < -0.4 is 10.5 Å². The number of hydrogen-bond donors (Lipinski definition) is 1. The fraction of sp³-hybridized carbons (Fsp3) is 0.0833. The smallest absolute Gasteiger partial charge is 0.311 e. The highest BCUT2D eigenvalue weighted by Crippen LogP contribution is 2.42. The van der Waals surface area contributed by atoms with Crippen molar-refractivity contribution in [2.45, 2.75) is 0 Å². The lowest BCUT2D eigenvalue weighted by Crippen LogP contribution is -1.95. The van der Waals surface area contributed by atoms with Crippen LogP contribution in [0.5, 0.6) is 5.75 Å². The van der Waals surface area contributed by atoms with Crippen LogP contribution in [0.25, 0.3) is 10.4 Å². The molecule has 1 aromatic carbocycles. The standard InChI is InChI=1S/C12H9N3O3S/c1-18-12-7(3-2-4-9(12)15(16)17)10-5-8(14)11(6-13)19-10/h2-5H,14H2,1H3. The van der Waals surface area contributed by atoms with E-state index in [4.69, 9.17) is 15.7 Å². The van der Waals surface area contributed by atoms with Crippen molar-refractivity contribution in [3.63, 3.8) is 0 Å². The maximum absolute atomic E-state index is 10.9. The minimum atomic E-state index is -0.509. The second-order valence-electron chi connectivity index (χ2n) is 3.62. The van der Waals surface area contributed by atoms with Crippen LogP contribution in [0, 0.1) is 21.4 Å². The first-order valence-corrected chi connectivity index (χ1v) is 6.01. The average molecular weight is 275 g/mol. The summed E-state index contributed by atoms with van der Waals surface area (Å²) in [5.41, 5.74) is 6.48. The van der Waals surface area contributed by atoms with Crippen LogP contribution in [0.1, 0.15) is 4.88 Å². The largest absolute Gasteiger partial charge is 0.490 e. The highest BCUT2D eigenvalue weighted by Gasteiger charge is 2.20. The van der Waals surface area contributed by atoms with Crippen LogP contribution in [0.4, 0.5) is 11.4 Å². The molecular formula is C12H9N3O3S. The first kappa shape index (κ1) is 12.9. The summed E-state index contributed by atoms with van der Waals surface area (Å²) in [7, 11) is 1.37. The maximum Gasteiger partial charge on any atom is 0.311 e. The molecule has 1 aromatic heterocycles. The van der Waals surface area contributed by atoms with Gasteiger partial charge in [0.1, 0.15) is 10.9 Å². The van der Waals surface area contributed by atoms with Gasteiger partial charge in [-0.25, -0.2) is 0 Å². The number of hydrogen-bond acceptors (Lipinski definition) is 6. The molecular weight excluding hydrogens is 266 g/mol. The van der Waals surface area contributed by atoms with Crippen molar-refractivity contribution < 1.29 is 9.66 Å². The molecule has 2 rings (SSSR count). The quantitative estimate of drug-likeness (QED) is 0.685. The van der Waals surface area contributed by atoms with Gasteiger partial charge in [0.25, 0.3) is 0 Å². The zero-order valence-electron chi connectivity index (χ0n) is 9.91. The zero-order valence-corrected chi connectivity index (χ0v) is 10.7. The molecule has 0 aliphatic rings. The molecule has 0 fully saturated rings. The predicted molar refractivity (Wildman–Crippen MR) is 72.1 cm³/mol. The van der Waals surface area contributed by atoms with Gasteiger partial charge in [0.2, 0.25) is 5.75 Å². The molecule has 0 radical (unpaired) electrons. The molecule has 1 heterocycles. The Bertz CT molecular complexity index is 688. The molecule has 96 valence electrons. The molecule has 0 aliphatic heterocycles. The summed E-state index contributed by atoms with van der Waals surface area (Å²) in [6.45, 7) is 0. The Labute approximate surface area is 112 Å². The first-order chi connectivity index (χ1) is 9.08. The van der Waals surface area contributed by atoms with Crippen LogP contribution in [-0.4, -0.2) is 12.0 Å². The lowest BCUT2D eigenvalue weighted by atomic mass is 10.1. The van der Waals surface area contributed by atoms with E-state index >= 15 is 0 Å². The number of ether oxygens (including phenoxy) is 1. The Morgan fingerprint density at radius 3 is 2.79 bits per heavy atom. The Morgan fingerprint density at radius 2 is 2.26 bits per heavy atom. The van der Waals surface area contributed by atoms with Gasteiger partial charge in [-0.2, -0.15) is 5.26 Å². The highest BCUT2D eigenvalue weighted by atomic mass is 32.1. The number of thiophene rings is 1. The second-order valence-corrected chi connectivity index (χ2v) is 4.67. The van der Waals surface area contributed by atoms with Crippen molar-refractivity contribution in [3.8, 4) is 22.3 Å². The van der Waals surface area contributed by atoms with E-state index in [1.807, 2.05) is 6.07 Å². The highest BCUT2D eigenvalue weighted by molar-refractivity contribution is 7.16. The predicted octanol–water partition coefficient (Wildman–Crippen LogP) is 2.79. The van der Waals surface area contributed by atoms with Crippen molar-refractivity contribution in [3.05, 3.63) is 39.3 Å². The number of methoxy groups -OCH3 is 1. The van der Waals surface area contributed by atoms with Gasteiger partial charge >= 0.3 is 5.69 Å². The fourth-order valence-electron chi connectivity index (χ4n) is 1.70. The van der Waals surface area contributed by atoms with Crippen molar-refractivity contribution in [1.29, 1.82) is 5.26 Å². The Hall–Kier alpha value is -2.59. The number of anilines is 1. The third kappa shape index (κ3) is 2.21. The van der Waals surface area contributed by atoms with Gasteiger partial charge < -0.3 is 10.5 Å². The zero-order chi connectivity index (χ0) is 14.0. The van der Waals surface area contributed by atoms with Crippen LogP contribution >= 0.6 is 11.3 Å². The third-order valence-electron chi connectivity index (χ3n) is 2.52. The van der Waals surface area contributed by atoms with Gasteiger partial charge in [0.05, 0.1) is 17.7 Å². The van der Waals surface area contributed by atoms with Gasteiger partial charge in [0.15, 0.2) is 0 Å². The summed E-state index contributed by atoms with van der Waals surface area (Å²) in [4.78, 5) is 11.5. The van der Waals surface area contributed by atoms with E-state index in [1.165, 1.54) is 24.5 Å². The van der Waals surface area contributed by atoms with E-state index in [9.17, 15) is 10.1 Å². The van der Waals surface area contributed by atoms with Crippen LogP contribution in [-0.2, 0) is 0 Å². The number of nitro benzene ring substituents is 1. The molecule has 0 bridgehead atoms. The van der Waals surface area contributed by atoms with Gasteiger partial charge in [0, 0.05) is 16.5 Å². The SMILES string of the molecule is COc1c(-c2cc(N)c(C#N)s2)cccc1[N+](=O)[O-]. The number of nitro groups is 1. The van der Waals surface area contributed by atoms with Crippen LogP contribution in [0.2, 0.25) is 0 Å². The Kier molecular flexibility index (Phi) is 3.35. The minimum Gasteiger partial charge on any atom is -0.490 e. The molecule has 19 heavy (non-hydrogen) atoms. The van der Waals surface area contributed by atoms with Gasteiger partial charge in [-0.15, -0.1) is 11.3 Å². The lowest BCUT2D eigenvalue weighted by molar-refractivity contribution is -0.385. The second kappa shape index (κ2) is 4.96. The summed E-state index contributed by atoms with van der Waals surface area (Å²) in [5, 5.41) is 19.8. The normalized spacial score (nSPS) is 9.89. The summed E-state index contributed by atoms with van der Waals surface area (Å²) >= 11 is 1.17. The molecule has 0 amide bonds. The van der Waals surface area contributed by atoms with Crippen molar-refractivity contribution >= 4 is 22.7 Å². The van der Waals surface area contributed by atoms with E-state index in [1.54, 1.807) is 18.2 Å². The van der Waals surface area contributed by atoms with E-state index in [0.29, 0.717) is 21.0 Å². The molecule has 0 atom stereocenters. The van der Waals surface area contributed by atoms with Crippen LogP contribution in [0.3, 0.4) is 0 Å². The van der Waals surface area contributed by atoms with Gasteiger partial charge in [-0.3, -0.25) is 10.1 Å². The fourth-order valence-corrected chi connectivity index (χ4v) is 2.60. The first-order valence-electron chi connectivity index (χ1n) is 5.19. The Morgan fingerprint density at radius 1 is 1.53 bits per heavy atom. The number of rotatable bonds is 3. The number of nitrogens with zero attached hydrogens (tertiary/aromatic N) is 2. The molecule has 0 unspecified atom stereocenters. The molecule has 6 nitrogen and oxygen atoms in total. The summed E-state index contributed by atoms with van der Waals surface area (Å²) in [6.07, 6.45) is 0. The minimum absolute atomic E-state index is 0.120.